The van der Waals surface area contributed by atoms with E-state index in [1.165, 1.54) is 0 Å². The summed E-state index contributed by atoms with van der Waals surface area (Å²) in [4.78, 5) is 37.6. The summed E-state index contributed by atoms with van der Waals surface area (Å²) >= 11 is 0. The summed E-state index contributed by atoms with van der Waals surface area (Å²) in [5.74, 6) is 0.757. The Bertz CT molecular complexity index is 743. The van der Waals surface area contributed by atoms with Crippen molar-refractivity contribution in [1.29, 1.82) is 0 Å². The standard InChI is InChI=1S/C21H30N4O4.ClH/c26-18(21(29)24-13-3-4-13)15(8-12-5-6-22-19(12)27)25-20(28)17-16-11-2-1-10(7-11)14(16)9-23-17;/h1-2,10-18,23,26H,3-9H2,(H,22,27)(H,24,29)(H,25,28);1H/t10?,11?,12-,14?,15-,16?,17?,18?;/m0./s1. The summed E-state index contributed by atoms with van der Waals surface area (Å²) in [6, 6.07) is -0.954. The van der Waals surface area contributed by atoms with Gasteiger partial charge in [-0.25, -0.2) is 0 Å². The summed E-state index contributed by atoms with van der Waals surface area (Å²) in [6.07, 6.45) is 7.05. The van der Waals surface area contributed by atoms with Crippen molar-refractivity contribution in [1.82, 2.24) is 21.3 Å². The maximum atomic E-state index is 13.2. The Labute approximate surface area is 182 Å². The molecule has 2 saturated carbocycles. The number of rotatable bonds is 7. The van der Waals surface area contributed by atoms with Crippen molar-refractivity contribution in [2.24, 2.45) is 29.6 Å². The van der Waals surface area contributed by atoms with Gasteiger partial charge in [0.1, 0.15) is 0 Å². The van der Waals surface area contributed by atoms with Gasteiger partial charge in [0.15, 0.2) is 6.10 Å². The Morgan fingerprint density at radius 3 is 2.67 bits per heavy atom. The molecule has 8 nitrogen and oxygen atoms in total. The average molecular weight is 439 g/mol. The fraction of sp³-hybridized carbons (Fsp3) is 0.762. The van der Waals surface area contributed by atoms with Crippen LogP contribution in [0.1, 0.15) is 32.1 Å². The normalized spacial score (nSPS) is 37.8. The topological polar surface area (TPSA) is 120 Å². The Kier molecular flexibility index (Phi) is 6.10. The Hall–Kier alpha value is -1.64. The number of hydrogen-bond donors (Lipinski definition) is 5. The molecule has 8 atom stereocenters. The third-order valence-electron chi connectivity index (χ3n) is 7.53. The molecule has 3 amide bonds. The lowest BCUT2D eigenvalue weighted by Gasteiger charge is -2.29. The minimum Gasteiger partial charge on any atom is -0.381 e. The molecular weight excluding hydrogens is 408 g/mol. The van der Waals surface area contributed by atoms with Crippen LogP contribution in [0.15, 0.2) is 12.2 Å². The lowest BCUT2D eigenvalue weighted by Crippen LogP contribution is -2.56. The summed E-state index contributed by atoms with van der Waals surface area (Å²) in [5, 5.41) is 22.6. The molecule has 2 saturated heterocycles. The van der Waals surface area contributed by atoms with Gasteiger partial charge in [-0.1, -0.05) is 12.2 Å². The minimum absolute atomic E-state index is 0. The Morgan fingerprint density at radius 1 is 1.20 bits per heavy atom. The molecule has 5 aliphatic rings. The highest BCUT2D eigenvalue weighted by atomic mass is 35.5. The highest BCUT2D eigenvalue weighted by Gasteiger charge is 2.53. The van der Waals surface area contributed by atoms with Gasteiger partial charge >= 0.3 is 0 Å². The molecule has 166 valence electrons. The average Bonchev–Trinajstić information content (AvgIpc) is 3.11. The van der Waals surface area contributed by atoms with Crippen LogP contribution in [0.5, 0.6) is 0 Å². The number of aliphatic hydroxyl groups excluding tert-OH is 1. The number of hydrogen-bond acceptors (Lipinski definition) is 5. The molecule has 0 aromatic carbocycles. The summed E-state index contributed by atoms with van der Waals surface area (Å²) in [7, 11) is 0. The second-order valence-electron chi connectivity index (χ2n) is 9.43. The van der Waals surface area contributed by atoms with Crippen molar-refractivity contribution in [3.63, 3.8) is 0 Å². The predicted molar refractivity (Wildman–Crippen MR) is 112 cm³/mol. The molecule has 0 aromatic heterocycles. The van der Waals surface area contributed by atoms with E-state index in [0.29, 0.717) is 30.7 Å². The van der Waals surface area contributed by atoms with Crippen LogP contribution in [-0.4, -0.2) is 60.1 Å². The number of carbonyl (C=O) groups is 3. The first-order chi connectivity index (χ1) is 14.0. The van der Waals surface area contributed by atoms with Crippen molar-refractivity contribution in [2.75, 3.05) is 13.1 Å². The van der Waals surface area contributed by atoms with Crippen molar-refractivity contribution in [2.45, 2.75) is 56.3 Å². The van der Waals surface area contributed by atoms with Crippen molar-refractivity contribution in [3.8, 4) is 0 Å². The summed E-state index contributed by atoms with van der Waals surface area (Å²) in [5.41, 5.74) is 0. The van der Waals surface area contributed by atoms with Crippen LogP contribution >= 0.6 is 12.4 Å². The van der Waals surface area contributed by atoms with E-state index < -0.39 is 18.1 Å². The van der Waals surface area contributed by atoms with E-state index in [2.05, 4.69) is 33.4 Å². The quantitative estimate of drug-likeness (QED) is 0.342. The largest absolute Gasteiger partial charge is 0.381 e. The first kappa shape index (κ1) is 21.6. The molecule has 5 N–H and O–H groups in total. The van der Waals surface area contributed by atoms with Crippen molar-refractivity contribution < 1.29 is 19.5 Å². The number of nitrogens with one attached hydrogen (secondary N) is 4. The van der Waals surface area contributed by atoms with Gasteiger partial charge in [0.05, 0.1) is 12.1 Å². The molecule has 2 aliphatic heterocycles. The number of fused-ring (bicyclic) bond motifs is 5. The van der Waals surface area contributed by atoms with Crippen LogP contribution in [0.25, 0.3) is 0 Å². The molecule has 0 spiro atoms. The fourth-order valence-electron chi connectivity index (χ4n) is 5.82. The smallest absolute Gasteiger partial charge is 0.251 e. The van der Waals surface area contributed by atoms with Crippen molar-refractivity contribution >= 4 is 30.1 Å². The summed E-state index contributed by atoms with van der Waals surface area (Å²) in [6.45, 7) is 1.42. The van der Waals surface area contributed by atoms with Crippen molar-refractivity contribution in [3.05, 3.63) is 12.2 Å². The number of aliphatic hydroxyl groups is 1. The highest BCUT2D eigenvalue weighted by Crippen LogP contribution is 2.51. The maximum absolute atomic E-state index is 13.2. The zero-order chi connectivity index (χ0) is 20.1. The van der Waals surface area contributed by atoms with Gasteiger partial charge in [-0.05, 0) is 62.3 Å². The Morgan fingerprint density at radius 2 is 1.97 bits per heavy atom. The van der Waals surface area contributed by atoms with Gasteiger partial charge in [0.25, 0.3) is 5.91 Å². The maximum Gasteiger partial charge on any atom is 0.251 e. The van der Waals surface area contributed by atoms with E-state index in [1.54, 1.807) is 0 Å². The van der Waals surface area contributed by atoms with Gasteiger partial charge in [-0.15, -0.1) is 12.4 Å². The summed E-state index contributed by atoms with van der Waals surface area (Å²) < 4.78 is 0. The molecule has 9 heteroatoms. The van der Waals surface area contributed by atoms with E-state index in [0.717, 1.165) is 25.8 Å². The number of halogens is 1. The van der Waals surface area contributed by atoms with Gasteiger partial charge in [0, 0.05) is 18.5 Å². The predicted octanol–water partition coefficient (Wildman–Crippen LogP) is -0.531. The van der Waals surface area contributed by atoms with Crippen LogP contribution in [0.4, 0.5) is 0 Å². The number of amides is 3. The lowest BCUT2D eigenvalue weighted by atomic mass is 9.81. The molecule has 30 heavy (non-hydrogen) atoms. The zero-order valence-electron chi connectivity index (χ0n) is 16.9. The SMILES string of the molecule is Cl.O=C(N[C@@H](C[C@@H]1CCNC1=O)C(O)C(=O)NC1CC1)C1NCC2C3C=CC(C3)C12. The van der Waals surface area contributed by atoms with E-state index in [-0.39, 0.29) is 54.6 Å². The molecular formula is C21H31ClN4O4. The number of carbonyl (C=O) groups excluding carboxylic acids is 3. The Balaban J connectivity index is 0.00000218. The van der Waals surface area contributed by atoms with Crippen LogP contribution < -0.4 is 21.3 Å². The zero-order valence-corrected chi connectivity index (χ0v) is 17.7. The third-order valence-corrected chi connectivity index (χ3v) is 7.53. The molecule has 4 fully saturated rings. The minimum atomic E-state index is -1.36. The van der Waals surface area contributed by atoms with E-state index in [4.69, 9.17) is 0 Å². The molecule has 3 aliphatic carbocycles. The van der Waals surface area contributed by atoms with Crippen LogP contribution in [0, 0.1) is 29.6 Å². The number of allylic oxidation sites excluding steroid dienone is 2. The molecule has 2 bridgehead atoms. The van der Waals surface area contributed by atoms with Gasteiger partial charge in [-0.3, -0.25) is 14.4 Å². The third kappa shape index (κ3) is 3.97. The van der Waals surface area contributed by atoms with Crippen LogP contribution in [0.3, 0.4) is 0 Å². The molecule has 0 aromatic rings. The van der Waals surface area contributed by atoms with E-state index in [1.807, 2.05) is 0 Å². The highest BCUT2D eigenvalue weighted by molar-refractivity contribution is 5.87. The molecule has 5 rings (SSSR count). The van der Waals surface area contributed by atoms with Gasteiger partial charge < -0.3 is 26.4 Å². The first-order valence-corrected chi connectivity index (χ1v) is 11.0. The van der Waals surface area contributed by atoms with Crippen LogP contribution in [-0.2, 0) is 14.4 Å². The lowest BCUT2D eigenvalue weighted by molar-refractivity contribution is -0.134. The monoisotopic (exact) mass is 438 g/mol. The fourth-order valence-corrected chi connectivity index (χ4v) is 5.82. The molecule has 0 radical (unpaired) electrons. The van der Waals surface area contributed by atoms with Gasteiger partial charge in [-0.2, -0.15) is 0 Å². The van der Waals surface area contributed by atoms with E-state index in [9.17, 15) is 19.5 Å². The van der Waals surface area contributed by atoms with E-state index >= 15 is 0 Å². The second-order valence-corrected chi connectivity index (χ2v) is 9.43. The first-order valence-electron chi connectivity index (χ1n) is 11.0. The molecule has 2 heterocycles. The van der Waals surface area contributed by atoms with Crippen LogP contribution in [0.2, 0.25) is 0 Å². The van der Waals surface area contributed by atoms with Gasteiger partial charge in [0.2, 0.25) is 11.8 Å². The second kappa shape index (κ2) is 8.48. The molecule has 6 unspecified atom stereocenters.